The average molecular weight is 308 g/mol. The number of hydrogen-bond acceptors (Lipinski definition) is 4. The zero-order valence-corrected chi connectivity index (χ0v) is 12.7. The summed E-state index contributed by atoms with van der Waals surface area (Å²) in [5.41, 5.74) is 0.713. The van der Waals surface area contributed by atoms with E-state index in [4.69, 9.17) is 16.0 Å². The van der Waals surface area contributed by atoms with E-state index >= 15 is 0 Å². The number of hydrogen-bond donors (Lipinski definition) is 1. The highest BCUT2D eigenvalue weighted by molar-refractivity contribution is 6.33. The molecule has 6 heteroatoms. The topological polar surface area (TPSA) is 68.0 Å². The number of amides is 1. The molecular formula is C15H18ClN3O2. The van der Waals surface area contributed by atoms with Gasteiger partial charge in [0.1, 0.15) is 0 Å². The summed E-state index contributed by atoms with van der Waals surface area (Å²) in [6.45, 7) is 2.55. The summed E-state index contributed by atoms with van der Waals surface area (Å²) >= 11 is 6.08. The number of unbranched alkanes of at least 4 members (excludes halogenated alkanes) is 1. The van der Waals surface area contributed by atoms with Crippen molar-refractivity contribution < 1.29 is 9.21 Å². The molecule has 1 aromatic heterocycles. The van der Waals surface area contributed by atoms with Crippen LogP contribution in [0.2, 0.25) is 5.02 Å². The van der Waals surface area contributed by atoms with Gasteiger partial charge in [-0.2, -0.15) is 0 Å². The van der Waals surface area contributed by atoms with Gasteiger partial charge in [0, 0.05) is 19.4 Å². The van der Waals surface area contributed by atoms with Crippen LogP contribution >= 0.6 is 11.6 Å². The number of benzene rings is 1. The molecule has 1 N–H and O–H groups in total. The second-order valence-electron chi connectivity index (χ2n) is 4.68. The standard InChI is InChI=1S/C15H18ClN3O2/c1-2-3-8-13(20)17-10-9-14-18-19-15(21-14)11-6-4-5-7-12(11)16/h4-7H,2-3,8-10H2,1H3,(H,17,20). The van der Waals surface area contributed by atoms with Gasteiger partial charge in [-0.25, -0.2) is 0 Å². The molecule has 0 aliphatic rings. The fourth-order valence-electron chi connectivity index (χ4n) is 1.83. The number of halogens is 1. The van der Waals surface area contributed by atoms with E-state index in [-0.39, 0.29) is 5.91 Å². The van der Waals surface area contributed by atoms with Gasteiger partial charge in [0.2, 0.25) is 17.7 Å². The quantitative estimate of drug-likeness (QED) is 0.852. The van der Waals surface area contributed by atoms with Gasteiger partial charge in [0.15, 0.2) is 0 Å². The molecule has 5 nitrogen and oxygen atoms in total. The van der Waals surface area contributed by atoms with E-state index in [1.807, 2.05) is 18.2 Å². The van der Waals surface area contributed by atoms with E-state index in [1.54, 1.807) is 6.07 Å². The van der Waals surface area contributed by atoms with Crippen LogP contribution in [0.15, 0.2) is 28.7 Å². The Morgan fingerprint density at radius 1 is 1.33 bits per heavy atom. The predicted molar refractivity (Wildman–Crippen MR) is 81.0 cm³/mol. The molecule has 0 saturated heterocycles. The number of aromatic nitrogens is 2. The second-order valence-corrected chi connectivity index (χ2v) is 5.09. The summed E-state index contributed by atoms with van der Waals surface area (Å²) in [4.78, 5) is 11.5. The molecule has 2 aromatic rings. The molecule has 0 fully saturated rings. The van der Waals surface area contributed by atoms with Crippen molar-refractivity contribution in [1.82, 2.24) is 15.5 Å². The first-order valence-electron chi connectivity index (χ1n) is 7.04. The largest absolute Gasteiger partial charge is 0.421 e. The minimum absolute atomic E-state index is 0.0580. The Morgan fingerprint density at radius 3 is 2.90 bits per heavy atom. The molecule has 112 valence electrons. The van der Waals surface area contributed by atoms with Gasteiger partial charge in [-0.1, -0.05) is 37.1 Å². The highest BCUT2D eigenvalue weighted by Gasteiger charge is 2.11. The number of rotatable bonds is 7. The van der Waals surface area contributed by atoms with Gasteiger partial charge < -0.3 is 9.73 Å². The van der Waals surface area contributed by atoms with E-state index < -0.39 is 0 Å². The molecule has 1 amide bonds. The summed E-state index contributed by atoms with van der Waals surface area (Å²) in [5, 5.41) is 11.4. The Morgan fingerprint density at radius 2 is 2.14 bits per heavy atom. The van der Waals surface area contributed by atoms with Crippen molar-refractivity contribution in [3.05, 3.63) is 35.2 Å². The second kappa shape index (κ2) is 7.78. The Balaban J connectivity index is 1.87. The van der Waals surface area contributed by atoms with Crippen LogP contribution in [0.3, 0.4) is 0 Å². The maximum atomic E-state index is 11.5. The molecular weight excluding hydrogens is 290 g/mol. The summed E-state index contributed by atoms with van der Waals surface area (Å²) in [6.07, 6.45) is 2.99. The van der Waals surface area contributed by atoms with Crippen molar-refractivity contribution >= 4 is 17.5 Å². The minimum Gasteiger partial charge on any atom is -0.421 e. The zero-order chi connectivity index (χ0) is 15.1. The highest BCUT2D eigenvalue weighted by atomic mass is 35.5. The zero-order valence-electron chi connectivity index (χ0n) is 11.9. The van der Waals surface area contributed by atoms with Gasteiger partial charge >= 0.3 is 0 Å². The highest BCUT2D eigenvalue weighted by Crippen LogP contribution is 2.26. The molecule has 2 rings (SSSR count). The third-order valence-electron chi connectivity index (χ3n) is 2.99. The Kier molecular flexibility index (Phi) is 5.75. The number of nitrogens with one attached hydrogen (secondary N) is 1. The van der Waals surface area contributed by atoms with E-state index in [2.05, 4.69) is 22.4 Å². The van der Waals surface area contributed by atoms with Crippen molar-refractivity contribution in [2.75, 3.05) is 6.54 Å². The summed E-state index contributed by atoms with van der Waals surface area (Å²) < 4.78 is 5.56. The molecule has 0 saturated carbocycles. The maximum absolute atomic E-state index is 11.5. The van der Waals surface area contributed by atoms with Gasteiger partial charge in [0.05, 0.1) is 10.6 Å². The molecule has 1 aromatic carbocycles. The summed E-state index contributed by atoms with van der Waals surface area (Å²) in [7, 11) is 0. The lowest BCUT2D eigenvalue weighted by atomic mass is 10.2. The molecule has 0 aliphatic carbocycles. The number of carbonyl (C=O) groups excluding carboxylic acids is 1. The van der Waals surface area contributed by atoms with Crippen LogP contribution in [0.5, 0.6) is 0 Å². The van der Waals surface area contributed by atoms with Crippen molar-refractivity contribution in [3.8, 4) is 11.5 Å². The van der Waals surface area contributed by atoms with Crippen LogP contribution in [-0.4, -0.2) is 22.6 Å². The molecule has 0 aliphatic heterocycles. The van der Waals surface area contributed by atoms with Crippen LogP contribution in [0.1, 0.15) is 32.1 Å². The Bertz CT molecular complexity index is 598. The monoisotopic (exact) mass is 307 g/mol. The lowest BCUT2D eigenvalue weighted by molar-refractivity contribution is -0.121. The van der Waals surface area contributed by atoms with Crippen LogP contribution in [0.4, 0.5) is 0 Å². The Labute approximate surface area is 128 Å². The molecule has 0 unspecified atom stereocenters. The van der Waals surface area contributed by atoms with E-state index in [0.717, 1.165) is 12.8 Å². The van der Waals surface area contributed by atoms with Crippen molar-refractivity contribution in [2.24, 2.45) is 0 Å². The molecule has 21 heavy (non-hydrogen) atoms. The fourth-order valence-corrected chi connectivity index (χ4v) is 2.05. The normalized spacial score (nSPS) is 10.6. The summed E-state index contributed by atoms with van der Waals surface area (Å²) in [6, 6.07) is 7.30. The summed E-state index contributed by atoms with van der Waals surface area (Å²) in [5.74, 6) is 0.941. The van der Waals surface area contributed by atoms with Gasteiger partial charge in [-0.3, -0.25) is 4.79 Å². The minimum atomic E-state index is 0.0580. The molecule has 0 bridgehead atoms. The van der Waals surface area contributed by atoms with E-state index in [1.165, 1.54) is 0 Å². The van der Waals surface area contributed by atoms with E-state index in [0.29, 0.717) is 41.8 Å². The van der Waals surface area contributed by atoms with Gasteiger partial charge in [-0.15, -0.1) is 10.2 Å². The molecule has 1 heterocycles. The van der Waals surface area contributed by atoms with Gasteiger partial charge in [0.25, 0.3) is 0 Å². The van der Waals surface area contributed by atoms with Crippen molar-refractivity contribution in [1.29, 1.82) is 0 Å². The first-order valence-corrected chi connectivity index (χ1v) is 7.42. The SMILES string of the molecule is CCCCC(=O)NCCc1nnc(-c2ccccc2Cl)o1. The van der Waals surface area contributed by atoms with Crippen molar-refractivity contribution in [2.45, 2.75) is 32.6 Å². The van der Waals surface area contributed by atoms with Crippen LogP contribution in [0.25, 0.3) is 11.5 Å². The van der Waals surface area contributed by atoms with E-state index in [9.17, 15) is 4.79 Å². The number of nitrogens with zero attached hydrogens (tertiary/aromatic N) is 2. The molecule has 0 radical (unpaired) electrons. The maximum Gasteiger partial charge on any atom is 0.249 e. The predicted octanol–water partition coefficient (Wildman–Crippen LogP) is 3.24. The fraction of sp³-hybridized carbons (Fsp3) is 0.400. The van der Waals surface area contributed by atoms with Crippen LogP contribution < -0.4 is 5.32 Å². The average Bonchev–Trinajstić information content (AvgIpc) is 2.94. The van der Waals surface area contributed by atoms with Crippen molar-refractivity contribution in [3.63, 3.8) is 0 Å². The lowest BCUT2D eigenvalue weighted by Gasteiger charge is -2.02. The first kappa shape index (κ1) is 15.5. The smallest absolute Gasteiger partial charge is 0.249 e. The van der Waals surface area contributed by atoms with Crippen LogP contribution in [-0.2, 0) is 11.2 Å². The number of carbonyl (C=O) groups is 1. The molecule has 0 spiro atoms. The lowest BCUT2D eigenvalue weighted by Crippen LogP contribution is -2.25. The molecule has 0 atom stereocenters. The van der Waals surface area contributed by atoms with Gasteiger partial charge in [-0.05, 0) is 18.6 Å². The third-order valence-corrected chi connectivity index (χ3v) is 3.32. The first-order chi connectivity index (χ1) is 10.2. The van der Waals surface area contributed by atoms with Crippen LogP contribution in [0, 0.1) is 0 Å². The Hall–Kier alpha value is -1.88. The third kappa shape index (κ3) is 4.56.